The van der Waals surface area contributed by atoms with Crippen LogP contribution in [0.25, 0.3) is 0 Å². The first kappa shape index (κ1) is 16.4. The van der Waals surface area contributed by atoms with E-state index in [1.54, 1.807) is 0 Å². The van der Waals surface area contributed by atoms with E-state index in [1.165, 1.54) is 16.4 Å². The number of aromatic carboxylic acids is 1. The van der Waals surface area contributed by atoms with Crippen molar-refractivity contribution in [2.24, 2.45) is 0 Å². The van der Waals surface area contributed by atoms with E-state index in [0.29, 0.717) is 32.2 Å². The van der Waals surface area contributed by atoms with Gasteiger partial charge in [0.25, 0.3) is 10.0 Å². The average molecular weight is 332 g/mol. The molecule has 0 aliphatic carbocycles. The smallest absolute Gasteiger partial charge is 0.345 e. The van der Waals surface area contributed by atoms with Gasteiger partial charge in [0.1, 0.15) is 9.09 Å². The maximum Gasteiger partial charge on any atom is 0.345 e. The van der Waals surface area contributed by atoms with Gasteiger partial charge in [-0.15, -0.1) is 11.3 Å². The second-order valence-corrected chi connectivity index (χ2v) is 8.37. The summed E-state index contributed by atoms with van der Waals surface area (Å²) in [6, 6.07) is 3.18. The largest absolute Gasteiger partial charge is 0.477 e. The van der Waals surface area contributed by atoms with Crippen LogP contribution in [0.1, 0.15) is 29.9 Å². The Hall–Kier alpha value is -0.960. The summed E-state index contributed by atoms with van der Waals surface area (Å²) in [5.41, 5.74) is 0. The van der Waals surface area contributed by atoms with Crippen molar-refractivity contribution in [3.63, 3.8) is 0 Å². The lowest BCUT2D eigenvalue weighted by molar-refractivity contribution is 0.0702. The van der Waals surface area contributed by atoms with Crippen molar-refractivity contribution in [3.05, 3.63) is 17.0 Å². The fourth-order valence-electron chi connectivity index (χ4n) is 2.34. The third-order valence-corrected chi connectivity index (χ3v) is 7.31. The van der Waals surface area contributed by atoms with Gasteiger partial charge in [0.2, 0.25) is 0 Å². The van der Waals surface area contributed by atoms with Crippen LogP contribution in [0.15, 0.2) is 16.3 Å². The fraction of sp³-hybridized carbons (Fsp3) is 0.615. The van der Waals surface area contributed by atoms with E-state index in [0.717, 1.165) is 17.8 Å². The summed E-state index contributed by atoms with van der Waals surface area (Å²) >= 11 is 0.810. The molecule has 1 aliphatic heterocycles. The lowest BCUT2D eigenvalue weighted by atomic mass is 10.2. The molecule has 1 aromatic heterocycles. The Kier molecular flexibility index (Phi) is 5.03. The topological polar surface area (TPSA) is 77.9 Å². The molecular formula is C13H20N2O4S2. The molecule has 6 nitrogen and oxygen atoms in total. The zero-order chi connectivity index (χ0) is 15.6. The maximum atomic E-state index is 12.5. The zero-order valence-electron chi connectivity index (χ0n) is 12.2. The molecule has 1 unspecified atom stereocenters. The van der Waals surface area contributed by atoms with Gasteiger partial charge in [0, 0.05) is 32.2 Å². The van der Waals surface area contributed by atoms with Crippen molar-refractivity contribution >= 4 is 27.3 Å². The Labute approximate surface area is 129 Å². The summed E-state index contributed by atoms with van der Waals surface area (Å²) in [6.07, 6.45) is 1.04. The van der Waals surface area contributed by atoms with Gasteiger partial charge in [0.15, 0.2) is 0 Å². The first-order valence-corrected chi connectivity index (χ1v) is 9.19. The van der Waals surface area contributed by atoms with Crippen LogP contribution in [0, 0.1) is 0 Å². The highest BCUT2D eigenvalue weighted by atomic mass is 32.2. The van der Waals surface area contributed by atoms with E-state index in [2.05, 4.69) is 18.7 Å². The number of hydrogen-bond donors (Lipinski definition) is 1. The van der Waals surface area contributed by atoms with Gasteiger partial charge in [-0.1, -0.05) is 6.92 Å². The number of piperazine rings is 1. The number of carboxylic acid groups (broad SMARTS) is 1. The molecule has 8 heteroatoms. The Morgan fingerprint density at radius 3 is 2.43 bits per heavy atom. The van der Waals surface area contributed by atoms with Crippen LogP contribution in [0.5, 0.6) is 0 Å². The molecule has 21 heavy (non-hydrogen) atoms. The number of nitrogens with zero attached hydrogens (tertiary/aromatic N) is 2. The van der Waals surface area contributed by atoms with Crippen molar-refractivity contribution in [2.75, 3.05) is 26.2 Å². The highest BCUT2D eigenvalue weighted by Gasteiger charge is 2.31. The van der Waals surface area contributed by atoms with Gasteiger partial charge in [0.05, 0.1) is 0 Å². The van der Waals surface area contributed by atoms with Crippen LogP contribution in [0.2, 0.25) is 0 Å². The second-order valence-electron chi connectivity index (χ2n) is 5.12. The predicted octanol–water partition coefficient (Wildman–Crippen LogP) is 1.55. The van der Waals surface area contributed by atoms with E-state index >= 15 is 0 Å². The zero-order valence-corrected chi connectivity index (χ0v) is 13.8. The van der Waals surface area contributed by atoms with Crippen LogP contribution in [-0.4, -0.2) is 60.9 Å². The minimum atomic E-state index is -3.57. The number of rotatable bonds is 5. The average Bonchev–Trinajstić information content (AvgIpc) is 2.97. The van der Waals surface area contributed by atoms with Crippen molar-refractivity contribution in [3.8, 4) is 0 Å². The summed E-state index contributed by atoms with van der Waals surface area (Å²) in [6.45, 7) is 6.59. The molecule has 1 aliphatic rings. The van der Waals surface area contributed by atoms with Crippen LogP contribution >= 0.6 is 11.3 Å². The first-order chi connectivity index (χ1) is 9.86. The number of sulfonamides is 1. The maximum absolute atomic E-state index is 12.5. The first-order valence-electron chi connectivity index (χ1n) is 6.93. The lowest BCUT2D eigenvalue weighted by Crippen LogP contribution is -2.50. The molecule has 0 amide bonds. The normalized spacial score (nSPS) is 19.5. The molecule has 2 heterocycles. The number of thiophene rings is 1. The van der Waals surface area contributed by atoms with Crippen molar-refractivity contribution < 1.29 is 18.3 Å². The highest BCUT2D eigenvalue weighted by molar-refractivity contribution is 7.91. The van der Waals surface area contributed by atoms with Gasteiger partial charge < -0.3 is 5.11 Å². The molecular weight excluding hydrogens is 312 g/mol. The molecule has 118 valence electrons. The summed E-state index contributed by atoms with van der Waals surface area (Å²) in [4.78, 5) is 13.2. The minimum Gasteiger partial charge on any atom is -0.477 e. The van der Waals surface area contributed by atoms with Crippen molar-refractivity contribution in [1.29, 1.82) is 0 Å². The Morgan fingerprint density at radius 2 is 1.95 bits per heavy atom. The van der Waals surface area contributed by atoms with Crippen LogP contribution in [-0.2, 0) is 10.0 Å². The molecule has 0 aromatic carbocycles. The molecule has 2 rings (SSSR count). The van der Waals surface area contributed by atoms with Crippen LogP contribution in [0.3, 0.4) is 0 Å². The SMILES string of the molecule is CCC(C)N1CCN(S(=O)(=O)c2ccc(C(=O)O)s2)CC1. The van der Waals surface area contributed by atoms with Gasteiger partial charge in [-0.2, -0.15) is 4.31 Å². The predicted molar refractivity (Wildman–Crippen MR) is 81.4 cm³/mol. The molecule has 0 saturated carbocycles. The van der Waals surface area contributed by atoms with E-state index in [4.69, 9.17) is 5.11 Å². The third kappa shape index (κ3) is 3.45. The molecule has 0 bridgehead atoms. The van der Waals surface area contributed by atoms with Crippen LogP contribution in [0.4, 0.5) is 0 Å². The Bertz CT molecular complexity index is 603. The molecule has 1 saturated heterocycles. The van der Waals surface area contributed by atoms with E-state index in [1.807, 2.05) is 0 Å². The van der Waals surface area contributed by atoms with Gasteiger partial charge in [-0.25, -0.2) is 13.2 Å². The van der Waals surface area contributed by atoms with Gasteiger partial charge >= 0.3 is 5.97 Å². The number of carboxylic acids is 1. The van der Waals surface area contributed by atoms with Crippen molar-refractivity contribution in [2.45, 2.75) is 30.5 Å². The molecule has 1 atom stereocenters. The standard InChI is InChI=1S/C13H20N2O4S2/c1-3-10(2)14-6-8-15(9-7-14)21(18,19)12-5-4-11(20-12)13(16)17/h4-5,10H,3,6-9H2,1-2H3,(H,16,17). The van der Waals surface area contributed by atoms with Gasteiger partial charge in [-0.05, 0) is 25.5 Å². The molecule has 0 radical (unpaired) electrons. The van der Waals surface area contributed by atoms with E-state index < -0.39 is 16.0 Å². The number of carbonyl (C=O) groups is 1. The summed E-state index contributed by atoms with van der Waals surface area (Å²) in [7, 11) is -3.57. The number of hydrogen-bond acceptors (Lipinski definition) is 5. The molecule has 0 spiro atoms. The Balaban J connectivity index is 2.09. The summed E-state index contributed by atoms with van der Waals surface area (Å²) in [5, 5.41) is 8.89. The molecule has 1 aromatic rings. The summed E-state index contributed by atoms with van der Waals surface area (Å²) in [5.74, 6) is -1.09. The quantitative estimate of drug-likeness (QED) is 0.885. The lowest BCUT2D eigenvalue weighted by Gasteiger charge is -2.36. The molecule has 1 N–H and O–H groups in total. The van der Waals surface area contributed by atoms with Crippen molar-refractivity contribution in [1.82, 2.24) is 9.21 Å². The van der Waals surface area contributed by atoms with Crippen LogP contribution < -0.4 is 0 Å². The molecule has 1 fully saturated rings. The van der Waals surface area contributed by atoms with E-state index in [9.17, 15) is 13.2 Å². The highest BCUT2D eigenvalue weighted by Crippen LogP contribution is 2.26. The summed E-state index contributed by atoms with van der Waals surface area (Å²) < 4.78 is 26.5. The monoisotopic (exact) mass is 332 g/mol. The van der Waals surface area contributed by atoms with E-state index in [-0.39, 0.29) is 9.09 Å². The Morgan fingerprint density at radius 1 is 1.33 bits per heavy atom. The fourth-order valence-corrected chi connectivity index (χ4v) is 5.07. The van der Waals surface area contributed by atoms with Gasteiger partial charge in [-0.3, -0.25) is 4.90 Å². The minimum absolute atomic E-state index is 0.0480. The second kappa shape index (κ2) is 6.43. The third-order valence-electron chi connectivity index (χ3n) is 3.87.